The Morgan fingerprint density at radius 3 is 2.50 bits per heavy atom. The monoisotopic (exact) mass is 480 g/mol. The number of carbonyl (C=O) groups excluding carboxylic acids is 2. The maximum absolute atomic E-state index is 13.5. The van der Waals surface area contributed by atoms with Crippen molar-refractivity contribution < 1.29 is 23.5 Å². The first-order chi connectivity index (χ1) is 16.3. The minimum atomic E-state index is -0.352. The van der Waals surface area contributed by atoms with Gasteiger partial charge in [-0.15, -0.1) is 0 Å². The fourth-order valence-electron chi connectivity index (χ4n) is 3.58. The quantitative estimate of drug-likeness (QED) is 0.323. The van der Waals surface area contributed by atoms with Gasteiger partial charge in [-0.25, -0.2) is 4.39 Å². The number of aryl methyl sites for hydroxylation is 1. The highest BCUT2D eigenvalue weighted by molar-refractivity contribution is 6.32. The third-order valence-electron chi connectivity index (χ3n) is 5.23. The Kier molecular flexibility index (Phi) is 6.84. The number of halogens is 2. The first-order valence-corrected chi connectivity index (χ1v) is 11.0. The van der Waals surface area contributed by atoms with Crippen LogP contribution in [0, 0.1) is 5.82 Å². The third-order valence-corrected chi connectivity index (χ3v) is 5.52. The summed E-state index contributed by atoms with van der Waals surface area (Å²) >= 11 is 6.31. The van der Waals surface area contributed by atoms with Crippen LogP contribution in [0.5, 0.6) is 11.5 Å². The Morgan fingerprint density at radius 2 is 1.79 bits per heavy atom. The van der Waals surface area contributed by atoms with Crippen molar-refractivity contribution in [1.29, 1.82) is 0 Å². The van der Waals surface area contributed by atoms with Gasteiger partial charge in [0.1, 0.15) is 23.0 Å². The molecule has 6 nitrogen and oxygen atoms in total. The molecule has 0 aliphatic rings. The topological polar surface area (TPSA) is 69.6 Å². The number of amides is 1. The molecule has 4 aromatic rings. The molecule has 1 N–H and O–H groups in total. The molecular weight excluding hydrogens is 459 g/mol. The molecule has 3 aromatic carbocycles. The van der Waals surface area contributed by atoms with E-state index >= 15 is 0 Å². The number of hydrogen-bond acceptors (Lipinski definition) is 4. The Bertz CT molecular complexity index is 1370. The van der Waals surface area contributed by atoms with E-state index in [0.717, 1.165) is 11.1 Å². The second kappa shape index (κ2) is 9.97. The van der Waals surface area contributed by atoms with Crippen LogP contribution in [0.1, 0.15) is 23.0 Å². The molecule has 0 fully saturated rings. The summed E-state index contributed by atoms with van der Waals surface area (Å²) in [6.45, 7) is 2.08. The molecule has 0 spiro atoms. The van der Waals surface area contributed by atoms with Gasteiger partial charge in [0.25, 0.3) is 5.91 Å². The molecule has 0 unspecified atom stereocenters. The van der Waals surface area contributed by atoms with E-state index in [-0.39, 0.29) is 24.1 Å². The van der Waals surface area contributed by atoms with Crippen molar-refractivity contribution in [2.45, 2.75) is 13.3 Å². The normalized spacial score (nSPS) is 10.8. The molecule has 0 atom stereocenters. The first-order valence-electron chi connectivity index (χ1n) is 10.6. The van der Waals surface area contributed by atoms with Crippen molar-refractivity contribution in [2.75, 3.05) is 11.9 Å². The van der Waals surface area contributed by atoms with Crippen LogP contribution in [0.15, 0.2) is 66.7 Å². The number of anilines is 1. The van der Waals surface area contributed by atoms with Gasteiger partial charge in [0.15, 0.2) is 0 Å². The number of esters is 1. The Labute approximate surface area is 200 Å². The van der Waals surface area contributed by atoms with Crippen LogP contribution in [0.4, 0.5) is 10.1 Å². The summed E-state index contributed by atoms with van der Waals surface area (Å²) in [5.74, 6) is -0.0187. The summed E-state index contributed by atoms with van der Waals surface area (Å²) in [6.07, 6.45) is 0.133. The lowest BCUT2D eigenvalue weighted by Gasteiger charge is -2.11. The molecule has 0 aliphatic heterocycles. The molecule has 174 valence electrons. The average Bonchev–Trinajstić information content (AvgIpc) is 3.12. The molecular formula is C26H22ClFN2O4. The molecule has 8 heteroatoms. The fourth-order valence-corrected chi connectivity index (χ4v) is 3.82. The minimum Gasteiger partial charge on any atom is -0.466 e. The predicted octanol–water partition coefficient (Wildman–Crippen LogP) is 6.12. The number of ether oxygens (including phenoxy) is 2. The smallest absolute Gasteiger partial charge is 0.310 e. The van der Waals surface area contributed by atoms with Crippen LogP contribution in [-0.4, -0.2) is 23.1 Å². The average molecular weight is 481 g/mol. The van der Waals surface area contributed by atoms with Crippen molar-refractivity contribution >= 4 is 40.1 Å². The number of fused-ring (bicyclic) bond motifs is 1. The molecule has 4 rings (SSSR count). The second-order valence-electron chi connectivity index (χ2n) is 7.62. The largest absolute Gasteiger partial charge is 0.466 e. The lowest BCUT2D eigenvalue weighted by molar-refractivity contribution is -0.142. The Morgan fingerprint density at radius 1 is 1.03 bits per heavy atom. The van der Waals surface area contributed by atoms with E-state index in [1.165, 1.54) is 12.1 Å². The van der Waals surface area contributed by atoms with Gasteiger partial charge >= 0.3 is 5.97 Å². The number of nitrogens with one attached hydrogen (secondary N) is 1. The number of nitrogens with zero attached hydrogens (tertiary/aromatic N) is 1. The zero-order valence-electron chi connectivity index (χ0n) is 18.6. The van der Waals surface area contributed by atoms with Gasteiger partial charge in [-0.1, -0.05) is 17.7 Å². The molecule has 0 bridgehead atoms. The highest BCUT2D eigenvalue weighted by Gasteiger charge is 2.14. The highest BCUT2D eigenvalue weighted by Crippen LogP contribution is 2.31. The maximum atomic E-state index is 13.5. The Hall–Kier alpha value is -3.84. The molecule has 0 aliphatic carbocycles. The van der Waals surface area contributed by atoms with Gasteiger partial charge in [0, 0.05) is 23.6 Å². The molecule has 0 saturated carbocycles. The number of hydrogen-bond donors (Lipinski definition) is 1. The van der Waals surface area contributed by atoms with E-state index in [4.69, 9.17) is 21.1 Å². The zero-order chi connectivity index (χ0) is 24.2. The highest BCUT2D eigenvalue weighted by atomic mass is 35.5. The van der Waals surface area contributed by atoms with Gasteiger partial charge in [-0.05, 0) is 73.2 Å². The second-order valence-corrected chi connectivity index (χ2v) is 8.03. The van der Waals surface area contributed by atoms with Crippen molar-refractivity contribution in [2.24, 2.45) is 7.05 Å². The summed E-state index contributed by atoms with van der Waals surface area (Å²) in [5.41, 5.74) is 2.48. The molecule has 0 saturated heterocycles. The number of aromatic nitrogens is 1. The summed E-state index contributed by atoms with van der Waals surface area (Å²) < 4.78 is 26.0. The zero-order valence-corrected chi connectivity index (χ0v) is 19.4. The standard InChI is InChI=1S/C26H22ClFN2O4/c1-3-33-25(31)13-16-4-11-24(21(27)12-16)34-20-8-6-19(7-9-20)29-26(32)23-15-17-14-18(28)5-10-22(17)30(23)2/h4-12,14-15H,3,13H2,1-2H3,(H,29,32). The van der Waals surface area contributed by atoms with E-state index in [1.54, 1.807) is 73.1 Å². The number of benzene rings is 3. The summed E-state index contributed by atoms with van der Waals surface area (Å²) in [7, 11) is 1.76. The Balaban J connectivity index is 1.42. The van der Waals surface area contributed by atoms with Crippen LogP contribution >= 0.6 is 11.6 Å². The summed E-state index contributed by atoms with van der Waals surface area (Å²) in [5, 5.41) is 3.86. The maximum Gasteiger partial charge on any atom is 0.310 e. The lowest BCUT2D eigenvalue weighted by atomic mass is 10.1. The minimum absolute atomic E-state index is 0.133. The SMILES string of the molecule is CCOC(=O)Cc1ccc(Oc2ccc(NC(=O)c3cc4cc(F)ccc4n3C)cc2)c(Cl)c1. The van der Waals surface area contributed by atoms with E-state index < -0.39 is 0 Å². The molecule has 1 heterocycles. The van der Waals surface area contributed by atoms with E-state index in [9.17, 15) is 14.0 Å². The van der Waals surface area contributed by atoms with Crippen LogP contribution < -0.4 is 10.1 Å². The van der Waals surface area contributed by atoms with Crippen molar-refractivity contribution in [3.63, 3.8) is 0 Å². The molecule has 34 heavy (non-hydrogen) atoms. The van der Waals surface area contributed by atoms with Crippen molar-refractivity contribution in [3.05, 3.63) is 88.8 Å². The number of rotatable bonds is 7. The van der Waals surface area contributed by atoms with Crippen molar-refractivity contribution in [1.82, 2.24) is 4.57 Å². The lowest BCUT2D eigenvalue weighted by Crippen LogP contribution is -2.15. The molecule has 1 aromatic heterocycles. The van der Waals surface area contributed by atoms with E-state index in [2.05, 4.69) is 5.32 Å². The van der Waals surface area contributed by atoms with Crippen LogP contribution in [-0.2, 0) is 23.0 Å². The summed E-state index contributed by atoms with van der Waals surface area (Å²) in [4.78, 5) is 24.4. The van der Waals surface area contributed by atoms with E-state index in [1.807, 2.05) is 0 Å². The fraction of sp³-hybridized carbons (Fsp3) is 0.154. The van der Waals surface area contributed by atoms with Crippen molar-refractivity contribution in [3.8, 4) is 11.5 Å². The predicted molar refractivity (Wildman–Crippen MR) is 129 cm³/mol. The van der Waals surface area contributed by atoms with Gasteiger partial charge in [0.2, 0.25) is 0 Å². The van der Waals surface area contributed by atoms with Crippen LogP contribution in [0.25, 0.3) is 10.9 Å². The van der Waals surface area contributed by atoms with E-state index in [0.29, 0.717) is 39.9 Å². The summed E-state index contributed by atoms with van der Waals surface area (Å²) in [6, 6.07) is 18.0. The number of carbonyl (C=O) groups is 2. The van der Waals surface area contributed by atoms with Gasteiger partial charge in [-0.3, -0.25) is 9.59 Å². The third kappa shape index (κ3) is 5.21. The molecule has 0 radical (unpaired) electrons. The molecule has 1 amide bonds. The first kappa shape index (κ1) is 23.3. The van der Waals surface area contributed by atoms with Gasteiger partial charge < -0.3 is 19.4 Å². The van der Waals surface area contributed by atoms with Gasteiger partial charge in [0.05, 0.1) is 18.1 Å². The van der Waals surface area contributed by atoms with Crippen LogP contribution in [0.2, 0.25) is 5.02 Å². The van der Waals surface area contributed by atoms with Gasteiger partial charge in [-0.2, -0.15) is 0 Å². The van der Waals surface area contributed by atoms with Crippen LogP contribution in [0.3, 0.4) is 0 Å².